The van der Waals surface area contributed by atoms with E-state index in [9.17, 15) is 0 Å². The molecule has 0 saturated carbocycles. The van der Waals surface area contributed by atoms with Gasteiger partial charge < -0.3 is 9.26 Å². The van der Waals surface area contributed by atoms with Crippen LogP contribution in [0.25, 0.3) is 22.0 Å². The minimum absolute atomic E-state index is 0.486. The highest BCUT2D eigenvalue weighted by atomic mass is 16.5. The number of hydrogen-bond donors (Lipinski definition) is 0. The van der Waals surface area contributed by atoms with Crippen LogP contribution in [0.1, 0.15) is 5.76 Å². The molecule has 0 atom stereocenters. The second-order valence-electron chi connectivity index (χ2n) is 5.14. The Hall–Kier alpha value is -3.15. The molecule has 2 aromatic carbocycles. The molecule has 0 radical (unpaired) electrons. The Balaban J connectivity index is 1.81. The van der Waals surface area contributed by atoms with Crippen molar-refractivity contribution in [2.24, 2.45) is 0 Å². The lowest BCUT2D eigenvalue weighted by molar-refractivity contribution is 0.371. The van der Waals surface area contributed by atoms with Crippen LogP contribution < -0.4 is 4.74 Å². The molecule has 2 heterocycles. The molecule has 0 saturated heterocycles. The summed E-state index contributed by atoms with van der Waals surface area (Å²) in [6.45, 7) is 0.486. The third-order valence-corrected chi connectivity index (χ3v) is 3.72. The van der Waals surface area contributed by atoms with Crippen LogP contribution in [0.5, 0.6) is 5.75 Å². The standard InChI is InChI=1S/C17H14N4O2/c1-22-16-7-6-12-4-2-3-5-14(12)17(16)15-10-13(23-19-15)11-21-9-8-18-20-21/h2-10H,11H2,1H3. The van der Waals surface area contributed by atoms with Gasteiger partial charge in [0.05, 0.1) is 18.9 Å². The van der Waals surface area contributed by atoms with Crippen molar-refractivity contribution in [1.29, 1.82) is 0 Å². The van der Waals surface area contributed by atoms with E-state index in [0.29, 0.717) is 12.3 Å². The van der Waals surface area contributed by atoms with Gasteiger partial charge in [-0.05, 0) is 16.8 Å². The van der Waals surface area contributed by atoms with Crippen LogP contribution in [0, 0.1) is 0 Å². The molecule has 114 valence electrons. The van der Waals surface area contributed by atoms with E-state index in [4.69, 9.17) is 9.26 Å². The highest BCUT2D eigenvalue weighted by Crippen LogP contribution is 2.36. The van der Waals surface area contributed by atoms with Crippen LogP contribution in [0.4, 0.5) is 0 Å². The van der Waals surface area contributed by atoms with E-state index < -0.39 is 0 Å². The van der Waals surface area contributed by atoms with Gasteiger partial charge in [-0.15, -0.1) is 5.10 Å². The zero-order valence-corrected chi connectivity index (χ0v) is 12.5. The number of fused-ring (bicyclic) bond motifs is 1. The van der Waals surface area contributed by atoms with Gasteiger partial charge in [0.25, 0.3) is 0 Å². The van der Waals surface area contributed by atoms with Gasteiger partial charge >= 0.3 is 0 Å². The van der Waals surface area contributed by atoms with E-state index in [2.05, 4.69) is 27.6 Å². The Morgan fingerprint density at radius 1 is 1.17 bits per heavy atom. The maximum absolute atomic E-state index is 5.51. The Morgan fingerprint density at radius 3 is 2.91 bits per heavy atom. The first-order valence-electron chi connectivity index (χ1n) is 7.21. The molecule has 0 amide bonds. The Bertz CT molecular complexity index is 944. The Morgan fingerprint density at radius 2 is 2.09 bits per heavy atom. The summed E-state index contributed by atoms with van der Waals surface area (Å²) in [6, 6.07) is 14.0. The molecule has 0 aliphatic carbocycles. The zero-order valence-electron chi connectivity index (χ0n) is 12.5. The molecule has 0 N–H and O–H groups in total. The van der Waals surface area contributed by atoms with Crippen LogP contribution in [-0.2, 0) is 6.54 Å². The molecule has 0 aliphatic rings. The van der Waals surface area contributed by atoms with Crippen molar-refractivity contribution in [1.82, 2.24) is 20.2 Å². The van der Waals surface area contributed by atoms with Crippen molar-refractivity contribution in [2.75, 3.05) is 7.11 Å². The highest BCUT2D eigenvalue weighted by Gasteiger charge is 2.15. The van der Waals surface area contributed by atoms with Crippen molar-refractivity contribution in [3.05, 3.63) is 60.6 Å². The maximum atomic E-state index is 5.51. The fourth-order valence-corrected chi connectivity index (χ4v) is 2.67. The van der Waals surface area contributed by atoms with Crippen LogP contribution in [0.15, 0.2) is 59.4 Å². The van der Waals surface area contributed by atoms with Gasteiger partial charge in [-0.1, -0.05) is 40.7 Å². The maximum Gasteiger partial charge on any atom is 0.158 e. The Kier molecular flexibility index (Phi) is 3.27. The number of rotatable bonds is 4. The summed E-state index contributed by atoms with van der Waals surface area (Å²) < 4.78 is 12.6. The zero-order chi connectivity index (χ0) is 15.6. The molecule has 0 unspecified atom stereocenters. The van der Waals surface area contributed by atoms with Gasteiger partial charge in [-0.2, -0.15) is 0 Å². The number of ether oxygens (including phenoxy) is 1. The molecule has 0 fully saturated rings. The number of nitrogens with zero attached hydrogens (tertiary/aromatic N) is 4. The smallest absolute Gasteiger partial charge is 0.158 e. The van der Waals surface area contributed by atoms with E-state index in [1.54, 1.807) is 24.2 Å². The first-order chi connectivity index (χ1) is 11.3. The van der Waals surface area contributed by atoms with Crippen LogP contribution in [-0.4, -0.2) is 27.3 Å². The summed E-state index contributed by atoms with van der Waals surface area (Å²) in [5, 5.41) is 14.1. The molecule has 4 rings (SSSR count). The molecule has 2 aromatic heterocycles. The van der Waals surface area contributed by atoms with E-state index in [1.165, 1.54) is 0 Å². The summed E-state index contributed by atoms with van der Waals surface area (Å²) in [7, 11) is 1.66. The van der Waals surface area contributed by atoms with E-state index in [-0.39, 0.29) is 0 Å². The minimum Gasteiger partial charge on any atom is -0.496 e. The minimum atomic E-state index is 0.486. The van der Waals surface area contributed by atoms with Crippen molar-refractivity contribution in [3.8, 4) is 17.0 Å². The fraction of sp³-hybridized carbons (Fsp3) is 0.118. The Labute approximate surface area is 132 Å². The van der Waals surface area contributed by atoms with Crippen LogP contribution >= 0.6 is 0 Å². The van der Waals surface area contributed by atoms with Crippen molar-refractivity contribution >= 4 is 10.8 Å². The van der Waals surface area contributed by atoms with Gasteiger partial charge in [-0.25, -0.2) is 4.68 Å². The second kappa shape index (κ2) is 5.57. The summed E-state index contributed by atoms with van der Waals surface area (Å²) in [4.78, 5) is 0. The van der Waals surface area contributed by atoms with Crippen molar-refractivity contribution in [3.63, 3.8) is 0 Å². The molecule has 6 heteroatoms. The van der Waals surface area contributed by atoms with E-state index >= 15 is 0 Å². The fourth-order valence-electron chi connectivity index (χ4n) is 2.67. The van der Waals surface area contributed by atoms with E-state index in [1.807, 2.05) is 30.3 Å². The van der Waals surface area contributed by atoms with Gasteiger partial charge in [0.1, 0.15) is 18.0 Å². The molecule has 0 aliphatic heterocycles. The molecule has 4 aromatic rings. The topological polar surface area (TPSA) is 66.0 Å². The lowest BCUT2D eigenvalue weighted by atomic mass is 10.0. The molecule has 6 nitrogen and oxygen atoms in total. The number of methoxy groups -OCH3 is 1. The third kappa shape index (κ3) is 2.44. The van der Waals surface area contributed by atoms with Crippen LogP contribution in [0.2, 0.25) is 0 Å². The molecular formula is C17H14N4O2. The lowest BCUT2D eigenvalue weighted by Gasteiger charge is -2.09. The van der Waals surface area contributed by atoms with Gasteiger partial charge in [0, 0.05) is 12.3 Å². The monoisotopic (exact) mass is 306 g/mol. The third-order valence-electron chi connectivity index (χ3n) is 3.72. The largest absolute Gasteiger partial charge is 0.496 e. The normalized spacial score (nSPS) is 11.0. The number of aromatic nitrogens is 4. The van der Waals surface area contributed by atoms with Gasteiger partial charge in [0.15, 0.2) is 5.76 Å². The van der Waals surface area contributed by atoms with Crippen molar-refractivity contribution in [2.45, 2.75) is 6.54 Å². The molecule has 0 bridgehead atoms. The first-order valence-corrected chi connectivity index (χ1v) is 7.21. The number of benzene rings is 2. The first kappa shape index (κ1) is 13.5. The van der Waals surface area contributed by atoms with Crippen LogP contribution in [0.3, 0.4) is 0 Å². The quantitative estimate of drug-likeness (QED) is 0.579. The van der Waals surface area contributed by atoms with Gasteiger partial charge in [0.2, 0.25) is 0 Å². The molecule has 0 spiro atoms. The highest BCUT2D eigenvalue weighted by molar-refractivity contribution is 5.98. The molecule has 23 heavy (non-hydrogen) atoms. The summed E-state index contributed by atoms with van der Waals surface area (Å²) in [5.74, 6) is 1.48. The average Bonchev–Trinajstić information content (AvgIpc) is 3.26. The summed E-state index contributed by atoms with van der Waals surface area (Å²) in [5.41, 5.74) is 1.67. The molecular weight excluding hydrogens is 292 g/mol. The average molecular weight is 306 g/mol. The van der Waals surface area contributed by atoms with Gasteiger partial charge in [-0.3, -0.25) is 0 Å². The summed E-state index contributed by atoms with van der Waals surface area (Å²) in [6.07, 6.45) is 3.41. The summed E-state index contributed by atoms with van der Waals surface area (Å²) >= 11 is 0. The SMILES string of the molecule is COc1ccc2ccccc2c1-c1cc(Cn2ccnn2)on1. The lowest BCUT2D eigenvalue weighted by Crippen LogP contribution is -1.98. The number of hydrogen-bond acceptors (Lipinski definition) is 5. The van der Waals surface area contributed by atoms with Crippen molar-refractivity contribution < 1.29 is 9.26 Å². The second-order valence-corrected chi connectivity index (χ2v) is 5.14. The van der Waals surface area contributed by atoms with E-state index in [0.717, 1.165) is 27.8 Å². The predicted octanol–water partition coefficient (Wildman–Crippen LogP) is 3.14. The predicted molar refractivity (Wildman–Crippen MR) is 85.1 cm³/mol.